The van der Waals surface area contributed by atoms with Gasteiger partial charge in [0.25, 0.3) is 0 Å². The number of hydrogen-bond acceptors (Lipinski definition) is 3. The third-order valence-corrected chi connectivity index (χ3v) is 9.09. The van der Waals surface area contributed by atoms with Crippen LogP contribution in [0.3, 0.4) is 0 Å². The van der Waals surface area contributed by atoms with E-state index in [4.69, 9.17) is 0 Å². The van der Waals surface area contributed by atoms with E-state index in [1.165, 1.54) is 60.5 Å². The van der Waals surface area contributed by atoms with Crippen LogP contribution in [0.25, 0.3) is 29.9 Å². The van der Waals surface area contributed by atoms with Crippen molar-refractivity contribution in [1.82, 2.24) is 0 Å². The molecule has 3 heterocycles. The van der Waals surface area contributed by atoms with E-state index in [1.807, 2.05) is 34.0 Å². The van der Waals surface area contributed by atoms with E-state index in [1.54, 1.807) is 5.56 Å². The van der Waals surface area contributed by atoms with Gasteiger partial charge >= 0.3 is 0 Å². The van der Waals surface area contributed by atoms with Gasteiger partial charge in [-0.2, -0.15) is 0 Å². The maximum Gasteiger partial charge on any atom is 0.0484 e. The predicted molar refractivity (Wildman–Crippen MR) is 122 cm³/mol. The fraction of sp³-hybridized carbons (Fsp3) is 0.250. The van der Waals surface area contributed by atoms with Gasteiger partial charge in [-0.15, -0.1) is 34.0 Å². The maximum atomic E-state index is 2.51. The van der Waals surface area contributed by atoms with Crippen LogP contribution < -0.4 is 0 Å². The molecule has 0 spiro atoms. The molecule has 3 heteroatoms. The normalized spacial score (nSPS) is 14.9. The molecule has 136 valence electrons. The van der Waals surface area contributed by atoms with Crippen molar-refractivity contribution >= 4 is 34.0 Å². The average molecular weight is 407 g/mol. The lowest BCUT2D eigenvalue weighted by Gasteiger charge is -2.09. The van der Waals surface area contributed by atoms with Crippen molar-refractivity contribution in [2.75, 3.05) is 0 Å². The van der Waals surface area contributed by atoms with Crippen molar-refractivity contribution in [3.05, 3.63) is 71.1 Å². The third kappa shape index (κ3) is 3.44. The molecule has 1 aliphatic rings. The highest BCUT2D eigenvalue weighted by atomic mass is 32.1. The quantitative estimate of drug-likeness (QED) is 0.317. The highest BCUT2D eigenvalue weighted by molar-refractivity contribution is 7.27. The first-order valence-corrected chi connectivity index (χ1v) is 12.1. The monoisotopic (exact) mass is 406 g/mol. The summed E-state index contributed by atoms with van der Waals surface area (Å²) in [4.78, 5) is 8.56. The van der Waals surface area contributed by atoms with Crippen LogP contribution >= 0.6 is 34.0 Å². The zero-order valence-electron chi connectivity index (χ0n) is 15.4. The van der Waals surface area contributed by atoms with Gasteiger partial charge in [0.1, 0.15) is 0 Å². The molecule has 1 saturated carbocycles. The van der Waals surface area contributed by atoms with Gasteiger partial charge in [-0.05, 0) is 67.1 Å². The predicted octanol–water partition coefficient (Wildman–Crippen LogP) is 8.84. The summed E-state index contributed by atoms with van der Waals surface area (Å²) in [6.07, 6.45) is 5.48. The number of hydrogen-bond donors (Lipinski definition) is 0. The van der Waals surface area contributed by atoms with Gasteiger partial charge in [0, 0.05) is 29.3 Å². The SMILES string of the molecule is Cc1ccc(-c2sc(-c3ccc(-c4ccccc4)s3)cc2C2CCCC2)s1. The lowest BCUT2D eigenvalue weighted by Crippen LogP contribution is -1.90. The number of benzene rings is 1. The molecule has 0 amide bonds. The van der Waals surface area contributed by atoms with Crippen molar-refractivity contribution in [2.45, 2.75) is 38.5 Å². The van der Waals surface area contributed by atoms with Gasteiger partial charge in [0.15, 0.2) is 0 Å². The number of rotatable bonds is 4. The highest BCUT2D eigenvalue weighted by Crippen LogP contribution is 2.49. The molecule has 0 unspecified atom stereocenters. The first kappa shape index (κ1) is 17.4. The average Bonchev–Trinajstić information content (AvgIpc) is 3.46. The van der Waals surface area contributed by atoms with Crippen LogP contribution in [0.15, 0.2) is 60.7 Å². The van der Waals surface area contributed by atoms with Crippen LogP contribution in [-0.2, 0) is 0 Å². The van der Waals surface area contributed by atoms with E-state index in [0.29, 0.717) is 0 Å². The summed E-state index contributed by atoms with van der Waals surface area (Å²) in [7, 11) is 0. The van der Waals surface area contributed by atoms with Crippen LogP contribution in [0.4, 0.5) is 0 Å². The van der Waals surface area contributed by atoms with E-state index in [2.05, 4.69) is 67.6 Å². The van der Waals surface area contributed by atoms with Gasteiger partial charge in [0.05, 0.1) is 0 Å². The third-order valence-electron chi connectivity index (χ3n) is 5.43. The Hall–Kier alpha value is -1.68. The van der Waals surface area contributed by atoms with Crippen molar-refractivity contribution < 1.29 is 0 Å². The van der Waals surface area contributed by atoms with Crippen molar-refractivity contribution in [3.63, 3.8) is 0 Å². The Morgan fingerprint density at radius 2 is 1.44 bits per heavy atom. The molecule has 0 radical (unpaired) electrons. The summed E-state index contributed by atoms with van der Waals surface area (Å²) in [6, 6.07) is 22.4. The van der Waals surface area contributed by atoms with Gasteiger partial charge in [-0.3, -0.25) is 0 Å². The van der Waals surface area contributed by atoms with Gasteiger partial charge in [-0.25, -0.2) is 0 Å². The zero-order valence-corrected chi connectivity index (χ0v) is 17.9. The summed E-state index contributed by atoms with van der Waals surface area (Å²) in [6.45, 7) is 2.21. The molecule has 1 fully saturated rings. The minimum absolute atomic E-state index is 0.751. The second-order valence-electron chi connectivity index (χ2n) is 7.32. The lowest BCUT2D eigenvalue weighted by molar-refractivity contribution is 0.728. The van der Waals surface area contributed by atoms with Crippen LogP contribution in [0, 0.1) is 6.92 Å². The molecule has 5 rings (SSSR count). The Morgan fingerprint density at radius 3 is 2.19 bits per heavy atom. The molecule has 1 aliphatic carbocycles. The Morgan fingerprint density at radius 1 is 0.704 bits per heavy atom. The molecule has 0 atom stereocenters. The van der Waals surface area contributed by atoms with Crippen LogP contribution in [0.1, 0.15) is 42.0 Å². The van der Waals surface area contributed by atoms with Crippen molar-refractivity contribution in [2.24, 2.45) is 0 Å². The molecule has 0 bridgehead atoms. The second kappa shape index (κ2) is 7.38. The summed E-state index contributed by atoms with van der Waals surface area (Å²) in [5, 5.41) is 0. The molecule has 0 aliphatic heterocycles. The molecule has 0 nitrogen and oxygen atoms in total. The highest BCUT2D eigenvalue weighted by Gasteiger charge is 2.24. The number of aryl methyl sites for hydroxylation is 1. The summed E-state index contributed by atoms with van der Waals surface area (Å²) >= 11 is 5.85. The Kier molecular flexibility index (Phi) is 4.76. The molecule has 0 N–H and O–H groups in total. The Bertz CT molecular complexity index is 1040. The molecular weight excluding hydrogens is 384 g/mol. The van der Waals surface area contributed by atoms with E-state index in [9.17, 15) is 0 Å². The molecular formula is C24H22S3. The van der Waals surface area contributed by atoms with E-state index in [0.717, 1.165) is 5.92 Å². The molecule has 27 heavy (non-hydrogen) atoms. The fourth-order valence-corrected chi connectivity index (χ4v) is 7.38. The van der Waals surface area contributed by atoms with Crippen LogP contribution in [-0.4, -0.2) is 0 Å². The first-order valence-electron chi connectivity index (χ1n) is 9.64. The minimum Gasteiger partial charge on any atom is -0.140 e. The zero-order chi connectivity index (χ0) is 18.2. The van der Waals surface area contributed by atoms with Gasteiger partial charge < -0.3 is 0 Å². The Balaban J connectivity index is 1.56. The van der Waals surface area contributed by atoms with Crippen molar-refractivity contribution in [1.29, 1.82) is 0 Å². The van der Waals surface area contributed by atoms with Gasteiger partial charge in [-0.1, -0.05) is 43.2 Å². The van der Waals surface area contributed by atoms with E-state index >= 15 is 0 Å². The summed E-state index contributed by atoms with van der Waals surface area (Å²) in [5.41, 5.74) is 2.92. The van der Waals surface area contributed by atoms with Crippen LogP contribution in [0.2, 0.25) is 0 Å². The second-order valence-corrected chi connectivity index (χ2v) is 10.7. The minimum atomic E-state index is 0.751. The lowest BCUT2D eigenvalue weighted by atomic mass is 9.97. The summed E-state index contributed by atoms with van der Waals surface area (Å²) < 4.78 is 0. The largest absolute Gasteiger partial charge is 0.140 e. The first-order chi connectivity index (χ1) is 13.3. The summed E-state index contributed by atoms with van der Waals surface area (Å²) in [5.74, 6) is 0.751. The van der Waals surface area contributed by atoms with Crippen molar-refractivity contribution in [3.8, 4) is 29.9 Å². The Labute approximate surface area is 173 Å². The fourth-order valence-electron chi connectivity index (χ4n) is 4.04. The van der Waals surface area contributed by atoms with Crippen LogP contribution in [0.5, 0.6) is 0 Å². The molecule has 1 aromatic carbocycles. The smallest absolute Gasteiger partial charge is 0.0484 e. The molecule has 3 aromatic heterocycles. The van der Waals surface area contributed by atoms with E-state index in [-0.39, 0.29) is 0 Å². The number of thiophene rings is 3. The standard InChI is InChI=1S/C24H22S3/c1-16-11-12-22(25-16)24-19(17-7-5-6-8-17)15-23(27-24)21-14-13-20(26-21)18-9-3-2-4-10-18/h2-4,9-15,17H,5-8H2,1H3. The van der Waals surface area contributed by atoms with Gasteiger partial charge in [0.2, 0.25) is 0 Å². The topological polar surface area (TPSA) is 0 Å². The van der Waals surface area contributed by atoms with E-state index < -0.39 is 0 Å². The molecule has 0 saturated heterocycles. The molecule has 4 aromatic rings. The maximum absolute atomic E-state index is 2.51.